The number of nitrogens with one attached hydrogen (secondary N) is 2. The summed E-state index contributed by atoms with van der Waals surface area (Å²) >= 11 is 7.00. The summed E-state index contributed by atoms with van der Waals surface area (Å²) in [6.07, 6.45) is 0.746. The Bertz CT molecular complexity index is 996. The van der Waals surface area contributed by atoms with E-state index in [-0.39, 0.29) is 5.97 Å². The van der Waals surface area contributed by atoms with Gasteiger partial charge >= 0.3 is 5.97 Å². The average Bonchev–Trinajstić information content (AvgIpc) is 3.11. The van der Waals surface area contributed by atoms with Gasteiger partial charge in [0.1, 0.15) is 5.00 Å². The first-order chi connectivity index (χ1) is 14.5. The predicted molar refractivity (Wildman–Crippen MR) is 130 cm³/mol. The Morgan fingerprint density at radius 2 is 1.77 bits per heavy atom. The zero-order valence-electron chi connectivity index (χ0n) is 17.4. The maximum absolute atomic E-state index is 12.5. The van der Waals surface area contributed by atoms with E-state index in [1.165, 1.54) is 22.5 Å². The molecule has 1 aromatic heterocycles. The van der Waals surface area contributed by atoms with E-state index in [1.54, 1.807) is 6.92 Å². The number of esters is 1. The SMILES string of the molecule is CCOC(=O)c1cc(Cc2ccccc2)sc1NC(=S)Nc1ccc(C(C)C)cc1. The van der Waals surface area contributed by atoms with Crippen molar-refractivity contribution in [3.8, 4) is 0 Å². The standard InChI is InChI=1S/C24H26N2O2S2/c1-4-28-23(27)21-15-20(14-17-8-6-5-7-9-17)30-22(21)26-24(29)25-19-12-10-18(11-13-19)16(2)3/h5-13,15-16H,4,14H2,1-3H3,(H2,25,26,29). The van der Waals surface area contributed by atoms with Gasteiger partial charge in [0, 0.05) is 17.0 Å². The van der Waals surface area contributed by atoms with Gasteiger partial charge in [-0.05, 0) is 54.4 Å². The molecule has 0 atom stereocenters. The highest BCUT2D eigenvalue weighted by Gasteiger charge is 2.18. The number of thiophene rings is 1. The van der Waals surface area contributed by atoms with E-state index in [1.807, 2.05) is 36.4 Å². The Kier molecular flexibility index (Phi) is 7.60. The van der Waals surface area contributed by atoms with Crippen molar-refractivity contribution in [2.75, 3.05) is 17.2 Å². The summed E-state index contributed by atoms with van der Waals surface area (Å²) in [7, 11) is 0. The van der Waals surface area contributed by atoms with Crippen molar-refractivity contribution in [2.24, 2.45) is 0 Å². The van der Waals surface area contributed by atoms with Gasteiger partial charge in [-0.3, -0.25) is 0 Å². The van der Waals surface area contributed by atoms with Gasteiger partial charge in [0.15, 0.2) is 5.11 Å². The second-order valence-corrected chi connectivity index (χ2v) is 8.74. The third-order valence-corrected chi connectivity index (χ3v) is 5.82. The van der Waals surface area contributed by atoms with Crippen molar-refractivity contribution in [2.45, 2.75) is 33.1 Å². The average molecular weight is 439 g/mol. The monoisotopic (exact) mass is 438 g/mol. The second kappa shape index (κ2) is 10.4. The van der Waals surface area contributed by atoms with Crippen LogP contribution in [0.1, 0.15) is 53.1 Å². The number of rotatable bonds is 7. The molecule has 0 aliphatic rings. The third kappa shape index (κ3) is 5.90. The number of benzene rings is 2. The van der Waals surface area contributed by atoms with Crippen LogP contribution in [-0.4, -0.2) is 17.7 Å². The minimum Gasteiger partial charge on any atom is -0.462 e. The Hall–Kier alpha value is -2.70. The van der Waals surface area contributed by atoms with Crippen LogP contribution in [0.4, 0.5) is 10.7 Å². The lowest BCUT2D eigenvalue weighted by atomic mass is 10.0. The largest absolute Gasteiger partial charge is 0.462 e. The summed E-state index contributed by atoms with van der Waals surface area (Å²) in [5, 5.41) is 7.49. The smallest absolute Gasteiger partial charge is 0.341 e. The molecule has 0 fully saturated rings. The molecule has 3 aromatic rings. The highest BCUT2D eigenvalue weighted by molar-refractivity contribution is 7.80. The summed E-state index contributed by atoms with van der Waals surface area (Å²) in [6, 6.07) is 20.2. The minimum absolute atomic E-state index is 0.326. The highest BCUT2D eigenvalue weighted by Crippen LogP contribution is 2.31. The zero-order valence-corrected chi connectivity index (χ0v) is 19.0. The van der Waals surface area contributed by atoms with Crippen LogP contribution in [0.3, 0.4) is 0 Å². The van der Waals surface area contributed by atoms with Crippen LogP contribution in [0.25, 0.3) is 0 Å². The van der Waals surface area contributed by atoms with Crippen molar-refractivity contribution in [1.82, 2.24) is 0 Å². The van der Waals surface area contributed by atoms with E-state index in [9.17, 15) is 4.79 Å². The van der Waals surface area contributed by atoms with E-state index in [0.29, 0.717) is 28.2 Å². The highest BCUT2D eigenvalue weighted by atomic mass is 32.1. The fraction of sp³-hybridized carbons (Fsp3) is 0.250. The van der Waals surface area contributed by atoms with Crippen molar-refractivity contribution in [1.29, 1.82) is 0 Å². The number of ether oxygens (including phenoxy) is 1. The summed E-state index contributed by atoms with van der Waals surface area (Å²) in [5.74, 6) is 0.130. The first-order valence-corrected chi connectivity index (χ1v) is 11.2. The number of carbonyl (C=O) groups is 1. The first-order valence-electron chi connectivity index (χ1n) is 9.98. The molecule has 0 amide bonds. The maximum Gasteiger partial charge on any atom is 0.341 e. The molecule has 1 heterocycles. The van der Waals surface area contributed by atoms with Crippen molar-refractivity contribution in [3.05, 3.63) is 82.2 Å². The van der Waals surface area contributed by atoms with Gasteiger partial charge in [0.05, 0.1) is 12.2 Å². The molecular formula is C24H26N2O2S2. The van der Waals surface area contributed by atoms with E-state index in [2.05, 4.69) is 48.7 Å². The number of carbonyl (C=O) groups excluding carboxylic acids is 1. The Balaban J connectivity index is 1.75. The molecule has 0 saturated carbocycles. The lowest BCUT2D eigenvalue weighted by Gasteiger charge is -2.12. The number of hydrogen-bond donors (Lipinski definition) is 2. The van der Waals surface area contributed by atoms with Crippen LogP contribution in [0.15, 0.2) is 60.7 Å². The zero-order chi connectivity index (χ0) is 21.5. The normalized spacial score (nSPS) is 10.7. The Morgan fingerprint density at radius 3 is 2.40 bits per heavy atom. The van der Waals surface area contributed by atoms with Crippen molar-refractivity contribution >= 4 is 45.3 Å². The Labute approximate surface area is 187 Å². The van der Waals surface area contributed by atoms with Gasteiger partial charge in [-0.2, -0.15) is 0 Å². The lowest BCUT2D eigenvalue weighted by Crippen LogP contribution is -2.20. The van der Waals surface area contributed by atoms with Crippen LogP contribution in [0.5, 0.6) is 0 Å². The molecule has 6 heteroatoms. The van der Waals surface area contributed by atoms with Crippen LogP contribution in [0.2, 0.25) is 0 Å². The van der Waals surface area contributed by atoms with Gasteiger partial charge < -0.3 is 15.4 Å². The van der Waals surface area contributed by atoms with E-state index >= 15 is 0 Å². The van der Waals surface area contributed by atoms with Crippen molar-refractivity contribution < 1.29 is 9.53 Å². The molecule has 0 bridgehead atoms. The van der Waals surface area contributed by atoms with Gasteiger partial charge in [0.2, 0.25) is 0 Å². The summed E-state index contributed by atoms with van der Waals surface area (Å²) < 4.78 is 5.23. The molecule has 2 N–H and O–H groups in total. The summed E-state index contributed by atoms with van der Waals surface area (Å²) in [5.41, 5.74) is 3.86. The topological polar surface area (TPSA) is 50.4 Å². The molecule has 2 aromatic carbocycles. The van der Waals surface area contributed by atoms with Crippen LogP contribution >= 0.6 is 23.6 Å². The first kappa shape index (κ1) is 22.0. The lowest BCUT2D eigenvalue weighted by molar-refractivity contribution is 0.0528. The Morgan fingerprint density at radius 1 is 1.07 bits per heavy atom. The molecule has 4 nitrogen and oxygen atoms in total. The van der Waals surface area contributed by atoms with Gasteiger partial charge in [-0.1, -0.05) is 56.3 Å². The molecule has 0 aliphatic carbocycles. The molecule has 0 radical (unpaired) electrons. The fourth-order valence-electron chi connectivity index (χ4n) is 3.00. The van der Waals surface area contributed by atoms with Crippen molar-refractivity contribution in [3.63, 3.8) is 0 Å². The quantitative estimate of drug-likeness (QED) is 0.328. The van der Waals surface area contributed by atoms with Gasteiger partial charge in [0.25, 0.3) is 0 Å². The van der Waals surface area contributed by atoms with E-state index < -0.39 is 0 Å². The van der Waals surface area contributed by atoms with Crippen LogP contribution in [0, 0.1) is 0 Å². The molecule has 0 spiro atoms. The van der Waals surface area contributed by atoms with Gasteiger partial charge in [-0.15, -0.1) is 11.3 Å². The molecule has 0 saturated heterocycles. The van der Waals surface area contributed by atoms with E-state index in [0.717, 1.165) is 17.0 Å². The number of thiocarbonyl (C=S) groups is 1. The van der Waals surface area contributed by atoms with Crippen LogP contribution < -0.4 is 10.6 Å². The second-order valence-electron chi connectivity index (χ2n) is 7.19. The van der Waals surface area contributed by atoms with E-state index in [4.69, 9.17) is 17.0 Å². The predicted octanol–water partition coefficient (Wildman–Crippen LogP) is 6.45. The number of anilines is 2. The summed E-state index contributed by atoms with van der Waals surface area (Å²) in [4.78, 5) is 13.5. The molecular weight excluding hydrogens is 412 g/mol. The number of hydrogen-bond acceptors (Lipinski definition) is 4. The maximum atomic E-state index is 12.5. The molecule has 30 heavy (non-hydrogen) atoms. The molecule has 0 aliphatic heterocycles. The fourth-order valence-corrected chi connectivity index (χ4v) is 4.36. The van der Waals surface area contributed by atoms with Crippen LogP contribution in [-0.2, 0) is 11.2 Å². The molecule has 3 rings (SSSR count). The third-order valence-electron chi connectivity index (χ3n) is 4.56. The minimum atomic E-state index is -0.348. The molecule has 156 valence electrons. The summed E-state index contributed by atoms with van der Waals surface area (Å²) in [6.45, 7) is 6.45. The molecule has 0 unspecified atom stereocenters. The van der Waals surface area contributed by atoms with Gasteiger partial charge in [-0.25, -0.2) is 4.79 Å².